The smallest absolute Gasteiger partial charge is 0.225 e. The summed E-state index contributed by atoms with van der Waals surface area (Å²) in [5, 5.41) is 2.41. The minimum absolute atomic E-state index is 0.0850. The quantitative estimate of drug-likeness (QED) is 0.762. The van der Waals surface area contributed by atoms with Crippen LogP contribution in [0.2, 0.25) is 5.02 Å². The van der Waals surface area contributed by atoms with Crippen molar-refractivity contribution in [2.24, 2.45) is 0 Å². The van der Waals surface area contributed by atoms with Crippen molar-refractivity contribution in [2.75, 3.05) is 11.1 Å². The van der Waals surface area contributed by atoms with Gasteiger partial charge in [0.25, 0.3) is 0 Å². The molecule has 0 radical (unpaired) electrons. The van der Waals surface area contributed by atoms with Gasteiger partial charge in [-0.15, -0.1) is 0 Å². The van der Waals surface area contributed by atoms with Gasteiger partial charge in [-0.2, -0.15) is 0 Å². The van der Waals surface area contributed by atoms with Crippen LogP contribution in [0.15, 0.2) is 17.0 Å². The lowest BCUT2D eigenvalue weighted by molar-refractivity contribution is -0.115. The fourth-order valence-corrected chi connectivity index (χ4v) is 2.75. The third kappa shape index (κ3) is 2.03. The first-order chi connectivity index (χ1) is 7.08. The van der Waals surface area contributed by atoms with E-state index in [0.717, 1.165) is 6.07 Å². The predicted molar refractivity (Wildman–Crippen MR) is 55.9 cm³/mol. The summed E-state index contributed by atoms with van der Waals surface area (Å²) in [6.07, 6.45) is 0.167. The van der Waals surface area contributed by atoms with Crippen molar-refractivity contribution >= 4 is 34.0 Å². The second-order valence-corrected chi connectivity index (χ2v) is 5.06. The van der Waals surface area contributed by atoms with Crippen LogP contribution in [0, 0.1) is 5.82 Å². The van der Waals surface area contributed by atoms with Crippen LogP contribution in [-0.4, -0.2) is 15.9 Å². The SMILES string of the molecule is O=C1CCS(=O)c2cc(Cl)c(F)cc2N1. The Bertz CT molecular complexity index is 464. The average Bonchev–Trinajstić information content (AvgIpc) is 2.30. The molecule has 80 valence electrons. The molecule has 2 rings (SSSR count). The van der Waals surface area contributed by atoms with E-state index in [1.165, 1.54) is 6.07 Å². The van der Waals surface area contributed by atoms with Crippen molar-refractivity contribution in [3.05, 3.63) is 23.0 Å². The van der Waals surface area contributed by atoms with Gasteiger partial charge in [-0.3, -0.25) is 9.00 Å². The molecule has 0 bridgehead atoms. The molecular weight excluding hydrogens is 241 g/mol. The topological polar surface area (TPSA) is 46.2 Å². The monoisotopic (exact) mass is 247 g/mol. The summed E-state index contributed by atoms with van der Waals surface area (Å²) in [7, 11) is -1.31. The normalized spacial score (nSPS) is 20.4. The van der Waals surface area contributed by atoms with Gasteiger partial charge in [0.15, 0.2) is 0 Å². The van der Waals surface area contributed by atoms with Crippen LogP contribution in [0.4, 0.5) is 10.1 Å². The highest BCUT2D eigenvalue weighted by Crippen LogP contribution is 2.29. The van der Waals surface area contributed by atoms with Gasteiger partial charge in [0, 0.05) is 18.2 Å². The van der Waals surface area contributed by atoms with Crippen molar-refractivity contribution < 1.29 is 13.4 Å². The first-order valence-corrected chi connectivity index (χ1v) is 5.95. The van der Waals surface area contributed by atoms with Crippen LogP contribution in [0.5, 0.6) is 0 Å². The van der Waals surface area contributed by atoms with E-state index in [-0.39, 0.29) is 28.8 Å². The molecule has 0 spiro atoms. The number of carbonyl (C=O) groups excluding carboxylic acids is 1. The zero-order valence-corrected chi connectivity index (χ0v) is 9.12. The van der Waals surface area contributed by atoms with Gasteiger partial charge < -0.3 is 5.32 Å². The molecule has 1 aromatic rings. The Hall–Kier alpha value is -0.940. The Labute approximate surface area is 93.1 Å². The summed E-state index contributed by atoms with van der Waals surface area (Å²) in [6, 6.07) is 2.40. The molecule has 1 atom stereocenters. The van der Waals surface area contributed by atoms with Gasteiger partial charge in [0.1, 0.15) is 5.82 Å². The number of anilines is 1. The molecule has 0 saturated carbocycles. The van der Waals surface area contributed by atoms with Crippen LogP contribution < -0.4 is 5.32 Å². The van der Waals surface area contributed by atoms with Gasteiger partial charge >= 0.3 is 0 Å². The maximum atomic E-state index is 13.1. The van der Waals surface area contributed by atoms with E-state index >= 15 is 0 Å². The van der Waals surface area contributed by atoms with Crippen molar-refractivity contribution in [3.8, 4) is 0 Å². The number of rotatable bonds is 0. The molecule has 6 heteroatoms. The van der Waals surface area contributed by atoms with Crippen LogP contribution in [0.25, 0.3) is 0 Å². The molecule has 1 amide bonds. The fourth-order valence-electron chi connectivity index (χ4n) is 1.32. The number of amides is 1. The molecule has 0 aromatic heterocycles. The summed E-state index contributed by atoms with van der Waals surface area (Å²) in [4.78, 5) is 11.6. The first-order valence-electron chi connectivity index (χ1n) is 4.25. The molecule has 1 aromatic carbocycles. The van der Waals surface area contributed by atoms with Gasteiger partial charge in [0.05, 0.1) is 26.4 Å². The Balaban J connectivity index is 2.57. The number of carbonyl (C=O) groups is 1. The van der Waals surface area contributed by atoms with Crippen molar-refractivity contribution in [3.63, 3.8) is 0 Å². The molecule has 1 aliphatic rings. The summed E-state index contributed by atoms with van der Waals surface area (Å²) in [5.74, 6) is -0.653. The van der Waals surface area contributed by atoms with Crippen molar-refractivity contribution in [1.29, 1.82) is 0 Å². The second kappa shape index (κ2) is 3.90. The van der Waals surface area contributed by atoms with Crippen LogP contribution in [0.1, 0.15) is 6.42 Å². The van der Waals surface area contributed by atoms with Gasteiger partial charge in [-0.1, -0.05) is 11.6 Å². The number of halogens is 2. The highest BCUT2D eigenvalue weighted by atomic mass is 35.5. The molecule has 1 N–H and O–H groups in total. The number of hydrogen-bond acceptors (Lipinski definition) is 2. The van der Waals surface area contributed by atoms with E-state index in [4.69, 9.17) is 11.6 Å². The predicted octanol–water partition coefficient (Wildman–Crippen LogP) is 1.93. The second-order valence-electron chi connectivity index (χ2n) is 3.11. The lowest BCUT2D eigenvalue weighted by Gasteiger charge is -2.06. The highest BCUT2D eigenvalue weighted by molar-refractivity contribution is 7.85. The molecule has 1 unspecified atom stereocenters. The molecule has 1 heterocycles. The molecule has 0 aliphatic carbocycles. The maximum absolute atomic E-state index is 13.1. The van der Waals surface area contributed by atoms with E-state index in [1.807, 2.05) is 0 Å². The summed E-state index contributed by atoms with van der Waals surface area (Å²) in [6.45, 7) is 0. The number of nitrogens with one attached hydrogen (secondary N) is 1. The van der Waals surface area contributed by atoms with E-state index < -0.39 is 16.6 Å². The van der Waals surface area contributed by atoms with Crippen LogP contribution in [0.3, 0.4) is 0 Å². The average molecular weight is 248 g/mol. The van der Waals surface area contributed by atoms with Crippen molar-refractivity contribution in [1.82, 2.24) is 0 Å². The Morgan fingerprint density at radius 1 is 1.47 bits per heavy atom. The number of benzene rings is 1. The lowest BCUT2D eigenvalue weighted by atomic mass is 10.3. The highest BCUT2D eigenvalue weighted by Gasteiger charge is 2.20. The fraction of sp³-hybridized carbons (Fsp3) is 0.222. The summed E-state index contributed by atoms with van der Waals surface area (Å²) >= 11 is 5.58. The Kier molecular flexibility index (Phi) is 2.75. The summed E-state index contributed by atoms with van der Waals surface area (Å²) in [5.41, 5.74) is 0.248. The Morgan fingerprint density at radius 2 is 2.20 bits per heavy atom. The molecule has 1 aliphatic heterocycles. The van der Waals surface area contributed by atoms with E-state index in [1.54, 1.807) is 0 Å². The van der Waals surface area contributed by atoms with E-state index in [0.29, 0.717) is 4.90 Å². The van der Waals surface area contributed by atoms with Gasteiger partial charge in [-0.05, 0) is 6.07 Å². The van der Waals surface area contributed by atoms with E-state index in [2.05, 4.69) is 5.32 Å². The van der Waals surface area contributed by atoms with E-state index in [9.17, 15) is 13.4 Å². The maximum Gasteiger partial charge on any atom is 0.225 e. The minimum atomic E-state index is -1.31. The molecule has 0 fully saturated rings. The Morgan fingerprint density at radius 3 is 2.93 bits per heavy atom. The zero-order valence-electron chi connectivity index (χ0n) is 7.55. The molecule has 3 nitrogen and oxygen atoms in total. The standard InChI is InChI=1S/C9H7ClFNO2S/c10-5-3-8-7(4-6(5)11)12-9(13)1-2-15(8)14/h3-4H,1-2H2,(H,12,13). The van der Waals surface area contributed by atoms with Crippen LogP contribution >= 0.6 is 11.6 Å². The first kappa shape index (κ1) is 10.6. The third-order valence-electron chi connectivity index (χ3n) is 2.06. The lowest BCUT2D eigenvalue weighted by Crippen LogP contribution is -2.10. The number of fused-ring (bicyclic) bond motifs is 1. The molecule has 0 saturated heterocycles. The molecule has 15 heavy (non-hydrogen) atoms. The summed E-state index contributed by atoms with van der Waals surface area (Å²) < 4.78 is 24.8. The largest absolute Gasteiger partial charge is 0.325 e. The minimum Gasteiger partial charge on any atom is -0.325 e. The van der Waals surface area contributed by atoms with Crippen molar-refractivity contribution in [2.45, 2.75) is 11.3 Å². The number of hydrogen-bond donors (Lipinski definition) is 1. The third-order valence-corrected chi connectivity index (χ3v) is 3.75. The zero-order chi connectivity index (χ0) is 11.0. The van der Waals surface area contributed by atoms with Gasteiger partial charge in [0.2, 0.25) is 5.91 Å². The van der Waals surface area contributed by atoms with Gasteiger partial charge in [-0.25, -0.2) is 4.39 Å². The molecular formula is C9H7ClFNO2S. The van der Waals surface area contributed by atoms with Crippen LogP contribution in [-0.2, 0) is 15.6 Å².